The van der Waals surface area contributed by atoms with Gasteiger partial charge in [0.05, 0.1) is 12.3 Å². The number of rotatable bonds is 3. The quantitative estimate of drug-likeness (QED) is 0.871. The maximum absolute atomic E-state index is 11.3. The monoisotopic (exact) mass is 234 g/mol. The second-order valence-electron chi connectivity index (χ2n) is 4.34. The summed E-state index contributed by atoms with van der Waals surface area (Å²) in [6.07, 6.45) is 7.99. The summed E-state index contributed by atoms with van der Waals surface area (Å²) in [6.45, 7) is 0. The molecule has 1 aliphatic carbocycles. The lowest BCUT2D eigenvalue weighted by molar-refractivity contribution is 0.0958. The fraction of sp³-hybridized carbons (Fsp3) is 0.538. The van der Waals surface area contributed by atoms with Gasteiger partial charge in [-0.2, -0.15) is 0 Å². The Kier molecular flexibility index (Phi) is 3.96. The third kappa shape index (κ3) is 3.19. The Morgan fingerprint density at radius 2 is 2.12 bits per heavy atom. The van der Waals surface area contributed by atoms with Gasteiger partial charge in [0.25, 0.3) is 5.91 Å². The molecule has 0 spiro atoms. The molecule has 0 radical (unpaired) electrons. The first-order valence-corrected chi connectivity index (χ1v) is 6.14. The summed E-state index contributed by atoms with van der Waals surface area (Å²) in [5.41, 5.74) is 0.420. The Bertz CT molecular complexity index is 370. The van der Waals surface area contributed by atoms with Crippen LogP contribution in [-0.4, -0.2) is 24.0 Å². The number of hydrogen-bond donors (Lipinski definition) is 1. The smallest absolute Gasteiger partial charge is 0.269 e. The molecule has 4 nitrogen and oxygen atoms in total. The molecular weight excluding hydrogens is 216 g/mol. The standard InChI is InChI=1S/C13H18N2O2/c1-14-13(16)12-8-7-11(9-15-12)17-10-5-3-2-4-6-10/h7-10H,2-6H2,1H3,(H,14,16). The lowest BCUT2D eigenvalue weighted by atomic mass is 9.98. The van der Waals surface area contributed by atoms with Crippen molar-refractivity contribution in [2.75, 3.05) is 7.05 Å². The lowest BCUT2D eigenvalue weighted by Crippen LogP contribution is -2.21. The predicted molar refractivity (Wildman–Crippen MR) is 65.1 cm³/mol. The van der Waals surface area contributed by atoms with E-state index in [0.29, 0.717) is 11.8 Å². The highest BCUT2D eigenvalue weighted by Crippen LogP contribution is 2.22. The number of amides is 1. The molecule has 1 heterocycles. The average molecular weight is 234 g/mol. The van der Waals surface area contributed by atoms with E-state index < -0.39 is 0 Å². The summed E-state index contributed by atoms with van der Waals surface area (Å²) in [4.78, 5) is 15.4. The minimum absolute atomic E-state index is 0.172. The van der Waals surface area contributed by atoms with Gasteiger partial charge in [-0.15, -0.1) is 0 Å². The number of nitrogens with one attached hydrogen (secondary N) is 1. The number of nitrogens with zero attached hydrogens (tertiary/aromatic N) is 1. The topological polar surface area (TPSA) is 51.2 Å². The van der Waals surface area contributed by atoms with E-state index in [2.05, 4.69) is 10.3 Å². The van der Waals surface area contributed by atoms with Gasteiger partial charge in [0, 0.05) is 7.05 Å². The van der Waals surface area contributed by atoms with Crippen LogP contribution >= 0.6 is 0 Å². The molecule has 1 amide bonds. The number of carbonyl (C=O) groups excluding carboxylic acids is 1. The molecule has 0 bridgehead atoms. The van der Waals surface area contributed by atoms with Crippen LogP contribution in [0, 0.1) is 0 Å². The van der Waals surface area contributed by atoms with E-state index in [-0.39, 0.29) is 5.91 Å². The molecule has 4 heteroatoms. The van der Waals surface area contributed by atoms with E-state index in [4.69, 9.17) is 4.74 Å². The van der Waals surface area contributed by atoms with Crippen LogP contribution in [0.25, 0.3) is 0 Å². The fourth-order valence-corrected chi connectivity index (χ4v) is 2.09. The van der Waals surface area contributed by atoms with E-state index in [1.54, 1.807) is 19.3 Å². The molecule has 1 N–H and O–H groups in total. The maximum Gasteiger partial charge on any atom is 0.269 e. The molecule has 92 valence electrons. The molecule has 0 aliphatic heterocycles. The zero-order valence-electron chi connectivity index (χ0n) is 10.1. The van der Waals surface area contributed by atoms with Gasteiger partial charge >= 0.3 is 0 Å². The molecule has 0 saturated heterocycles. The van der Waals surface area contributed by atoms with Crippen molar-refractivity contribution in [3.63, 3.8) is 0 Å². The number of pyridine rings is 1. The Morgan fingerprint density at radius 1 is 1.35 bits per heavy atom. The van der Waals surface area contributed by atoms with Gasteiger partial charge in [-0.3, -0.25) is 4.79 Å². The van der Waals surface area contributed by atoms with Crippen molar-refractivity contribution in [1.82, 2.24) is 10.3 Å². The normalized spacial score (nSPS) is 16.5. The van der Waals surface area contributed by atoms with Crippen LogP contribution in [0.3, 0.4) is 0 Å². The fourth-order valence-electron chi connectivity index (χ4n) is 2.09. The summed E-state index contributed by atoms with van der Waals surface area (Å²) in [6, 6.07) is 3.50. The molecule has 2 rings (SSSR count). The Morgan fingerprint density at radius 3 is 2.71 bits per heavy atom. The van der Waals surface area contributed by atoms with Crippen molar-refractivity contribution in [3.05, 3.63) is 24.0 Å². The SMILES string of the molecule is CNC(=O)c1ccc(OC2CCCCC2)cn1. The Labute approximate surface area is 101 Å². The molecule has 17 heavy (non-hydrogen) atoms. The second kappa shape index (κ2) is 5.66. The van der Waals surface area contributed by atoms with Gasteiger partial charge in [-0.05, 0) is 37.8 Å². The van der Waals surface area contributed by atoms with Crippen molar-refractivity contribution in [3.8, 4) is 5.75 Å². The van der Waals surface area contributed by atoms with Crippen LogP contribution in [0.1, 0.15) is 42.6 Å². The number of ether oxygens (including phenoxy) is 1. The van der Waals surface area contributed by atoms with Crippen molar-refractivity contribution in [2.24, 2.45) is 0 Å². The molecule has 1 aromatic heterocycles. The van der Waals surface area contributed by atoms with Crippen molar-refractivity contribution < 1.29 is 9.53 Å². The van der Waals surface area contributed by atoms with Crippen LogP contribution in [0.2, 0.25) is 0 Å². The van der Waals surface area contributed by atoms with Gasteiger partial charge in [0.2, 0.25) is 0 Å². The first-order valence-electron chi connectivity index (χ1n) is 6.14. The third-order valence-electron chi connectivity index (χ3n) is 3.05. The highest BCUT2D eigenvalue weighted by atomic mass is 16.5. The maximum atomic E-state index is 11.3. The third-order valence-corrected chi connectivity index (χ3v) is 3.05. The van der Waals surface area contributed by atoms with Gasteiger partial charge in [0.15, 0.2) is 0 Å². The molecular formula is C13H18N2O2. The van der Waals surface area contributed by atoms with Gasteiger partial charge in [-0.25, -0.2) is 4.98 Å². The number of carbonyl (C=O) groups is 1. The van der Waals surface area contributed by atoms with E-state index in [1.807, 2.05) is 6.07 Å². The van der Waals surface area contributed by atoms with E-state index in [1.165, 1.54) is 19.3 Å². The number of hydrogen-bond acceptors (Lipinski definition) is 3. The first-order chi connectivity index (χ1) is 8.29. The van der Waals surface area contributed by atoms with Crippen LogP contribution in [0.15, 0.2) is 18.3 Å². The zero-order chi connectivity index (χ0) is 12.1. The molecule has 0 atom stereocenters. The zero-order valence-corrected chi connectivity index (χ0v) is 10.1. The highest BCUT2D eigenvalue weighted by Gasteiger charge is 2.15. The van der Waals surface area contributed by atoms with Crippen molar-refractivity contribution >= 4 is 5.91 Å². The molecule has 0 aromatic carbocycles. The van der Waals surface area contributed by atoms with Crippen LogP contribution in [0.4, 0.5) is 0 Å². The first kappa shape index (κ1) is 11.9. The average Bonchev–Trinajstić information content (AvgIpc) is 2.40. The van der Waals surface area contributed by atoms with Gasteiger partial charge < -0.3 is 10.1 Å². The van der Waals surface area contributed by atoms with E-state index >= 15 is 0 Å². The summed E-state index contributed by atoms with van der Waals surface area (Å²) in [5.74, 6) is 0.582. The molecule has 1 aromatic rings. The van der Waals surface area contributed by atoms with Crippen molar-refractivity contribution in [2.45, 2.75) is 38.2 Å². The highest BCUT2D eigenvalue weighted by molar-refractivity contribution is 5.91. The molecule has 1 saturated carbocycles. The van der Waals surface area contributed by atoms with Gasteiger partial charge in [0.1, 0.15) is 11.4 Å². The largest absolute Gasteiger partial charge is 0.489 e. The van der Waals surface area contributed by atoms with Gasteiger partial charge in [-0.1, -0.05) is 6.42 Å². The number of aromatic nitrogens is 1. The minimum Gasteiger partial charge on any atom is -0.489 e. The lowest BCUT2D eigenvalue weighted by Gasteiger charge is -2.22. The predicted octanol–water partition coefficient (Wildman–Crippen LogP) is 2.15. The Balaban J connectivity index is 1.95. The van der Waals surface area contributed by atoms with Crippen LogP contribution < -0.4 is 10.1 Å². The molecule has 1 aliphatic rings. The van der Waals surface area contributed by atoms with Crippen LogP contribution in [0.5, 0.6) is 5.75 Å². The summed E-state index contributed by atoms with van der Waals surface area (Å²) in [5, 5.41) is 2.54. The summed E-state index contributed by atoms with van der Waals surface area (Å²) >= 11 is 0. The van der Waals surface area contributed by atoms with E-state index in [0.717, 1.165) is 18.6 Å². The summed E-state index contributed by atoms with van der Waals surface area (Å²) in [7, 11) is 1.59. The Hall–Kier alpha value is -1.58. The second-order valence-corrected chi connectivity index (χ2v) is 4.34. The molecule has 0 unspecified atom stereocenters. The minimum atomic E-state index is -0.172. The van der Waals surface area contributed by atoms with Crippen molar-refractivity contribution in [1.29, 1.82) is 0 Å². The van der Waals surface area contributed by atoms with E-state index in [9.17, 15) is 4.79 Å². The van der Waals surface area contributed by atoms with Crippen LogP contribution in [-0.2, 0) is 0 Å². The summed E-state index contributed by atoms with van der Waals surface area (Å²) < 4.78 is 5.83. The molecule has 1 fully saturated rings.